The van der Waals surface area contributed by atoms with Gasteiger partial charge in [-0.1, -0.05) is 50.0 Å². The van der Waals surface area contributed by atoms with Gasteiger partial charge in [0.05, 0.1) is 12.2 Å². The smallest absolute Gasteiger partial charge is 0.107 e. The van der Waals surface area contributed by atoms with Crippen LogP contribution in [0.2, 0.25) is 0 Å². The van der Waals surface area contributed by atoms with Crippen LogP contribution in [0.3, 0.4) is 0 Å². The molecule has 2 nitrogen and oxygen atoms in total. The van der Waals surface area contributed by atoms with Crippen molar-refractivity contribution in [3.05, 3.63) is 16.1 Å². The maximum atomic E-state index is 4.77. The molecule has 0 saturated heterocycles. The highest BCUT2D eigenvalue weighted by molar-refractivity contribution is 9.09. The summed E-state index contributed by atoms with van der Waals surface area (Å²) in [6.07, 6.45) is 2.52. The first-order valence-corrected chi connectivity index (χ1v) is 8.70. The van der Waals surface area contributed by atoms with E-state index in [4.69, 9.17) is 4.98 Å². The number of halogens is 1. The van der Waals surface area contributed by atoms with E-state index in [1.165, 1.54) is 30.1 Å². The van der Waals surface area contributed by atoms with Crippen LogP contribution in [0.5, 0.6) is 0 Å². The van der Waals surface area contributed by atoms with Crippen LogP contribution in [0.25, 0.3) is 0 Å². The first-order chi connectivity index (χ1) is 8.47. The molecule has 0 radical (unpaired) electrons. The SMILES string of the molecule is CCCCN(CCBr)Cc1nc(C(C)(C)C)cs1. The Hall–Kier alpha value is 0.0700. The largest absolute Gasteiger partial charge is 0.296 e. The van der Waals surface area contributed by atoms with Gasteiger partial charge in [-0.3, -0.25) is 4.90 Å². The Morgan fingerprint density at radius 2 is 2.06 bits per heavy atom. The van der Waals surface area contributed by atoms with Crippen LogP contribution in [0.1, 0.15) is 51.2 Å². The molecule has 4 heteroatoms. The fourth-order valence-corrected chi connectivity index (χ4v) is 3.25. The van der Waals surface area contributed by atoms with Gasteiger partial charge >= 0.3 is 0 Å². The highest BCUT2D eigenvalue weighted by atomic mass is 79.9. The molecule has 0 aliphatic carbocycles. The highest BCUT2D eigenvalue weighted by Crippen LogP contribution is 2.24. The molecular weight excluding hydrogens is 308 g/mol. The zero-order valence-electron chi connectivity index (χ0n) is 12.0. The lowest BCUT2D eigenvalue weighted by Gasteiger charge is -2.19. The number of aromatic nitrogens is 1. The third-order valence-corrected chi connectivity index (χ3v) is 4.10. The lowest BCUT2D eigenvalue weighted by Crippen LogP contribution is -2.26. The Kier molecular flexibility index (Phi) is 6.82. The van der Waals surface area contributed by atoms with Crippen molar-refractivity contribution < 1.29 is 0 Å². The molecule has 0 bridgehead atoms. The number of hydrogen-bond acceptors (Lipinski definition) is 3. The quantitative estimate of drug-likeness (QED) is 0.686. The molecule has 0 N–H and O–H groups in total. The number of nitrogens with zero attached hydrogens (tertiary/aromatic N) is 2. The summed E-state index contributed by atoms with van der Waals surface area (Å²) < 4.78 is 0. The molecule has 0 aliphatic rings. The van der Waals surface area contributed by atoms with Crippen molar-refractivity contribution in [1.82, 2.24) is 9.88 Å². The second-order valence-electron chi connectivity index (χ2n) is 5.70. The number of rotatable bonds is 7. The number of alkyl halides is 1. The van der Waals surface area contributed by atoms with Crippen molar-refractivity contribution in [2.75, 3.05) is 18.4 Å². The average molecular weight is 333 g/mol. The van der Waals surface area contributed by atoms with Gasteiger partial charge in [-0.15, -0.1) is 11.3 Å². The summed E-state index contributed by atoms with van der Waals surface area (Å²) in [6.45, 7) is 12.2. The van der Waals surface area contributed by atoms with E-state index in [0.717, 1.165) is 18.4 Å². The summed E-state index contributed by atoms with van der Waals surface area (Å²) in [4.78, 5) is 7.26. The Labute approximate surface area is 124 Å². The van der Waals surface area contributed by atoms with Gasteiger partial charge in [-0.05, 0) is 13.0 Å². The van der Waals surface area contributed by atoms with Crippen LogP contribution < -0.4 is 0 Å². The minimum atomic E-state index is 0.165. The van der Waals surface area contributed by atoms with Gasteiger partial charge in [0.2, 0.25) is 0 Å². The molecule has 0 fully saturated rings. The van der Waals surface area contributed by atoms with Gasteiger partial charge in [0.15, 0.2) is 0 Å². The minimum Gasteiger partial charge on any atom is -0.296 e. The van der Waals surface area contributed by atoms with Crippen molar-refractivity contribution in [3.8, 4) is 0 Å². The molecule has 0 unspecified atom stereocenters. The van der Waals surface area contributed by atoms with Gasteiger partial charge in [0, 0.05) is 22.7 Å². The Morgan fingerprint density at radius 3 is 2.56 bits per heavy atom. The number of thiazole rings is 1. The first-order valence-electron chi connectivity index (χ1n) is 6.70. The molecule has 1 heterocycles. The summed E-state index contributed by atoms with van der Waals surface area (Å²) in [7, 11) is 0. The first kappa shape index (κ1) is 16.1. The molecule has 0 spiro atoms. The van der Waals surface area contributed by atoms with E-state index in [1.807, 2.05) is 0 Å². The normalized spacial score (nSPS) is 12.3. The summed E-state index contributed by atoms with van der Waals surface area (Å²) in [5.41, 5.74) is 1.38. The number of hydrogen-bond donors (Lipinski definition) is 0. The lowest BCUT2D eigenvalue weighted by molar-refractivity contribution is 0.277. The third kappa shape index (κ3) is 5.37. The van der Waals surface area contributed by atoms with E-state index in [-0.39, 0.29) is 5.41 Å². The average Bonchev–Trinajstić information content (AvgIpc) is 2.74. The lowest BCUT2D eigenvalue weighted by atomic mass is 9.93. The highest BCUT2D eigenvalue weighted by Gasteiger charge is 2.18. The third-order valence-electron chi connectivity index (χ3n) is 2.91. The Bertz CT molecular complexity index is 344. The van der Waals surface area contributed by atoms with Crippen molar-refractivity contribution in [1.29, 1.82) is 0 Å². The van der Waals surface area contributed by atoms with Crippen LogP contribution in [0.15, 0.2) is 5.38 Å². The van der Waals surface area contributed by atoms with Crippen molar-refractivity contribution >= 4 is 27.3 Å². The van der Waals surface area contributed by atoms with Crippen LogP contribution in [0, 0.1) is 0 Å². The van der Waals surface area contributed by atoms with Gasteiger partial charge in [0.1, 0.15) is 5.01 Å². The predicted molar refractivity (Wildman–Crippen MR) is 84.8 cm³/mol. The van der Waals surface area contributed by atoms with E-state index >= 15 is 0 Å². The van der Waals surface area contributed by atoms with Crippen molar-refractivity contribution in [3.63, 3.8) is 0 Å². The molecule has 0 saturated carbocycles. The standard InChI is InChI=1S/C14H25BrN2S/c1-5-6-8-17(9-7-15)10-13-16-12(11-18-13)14(2,3)4/h11H,5-10H2,1-4H3. The van der Waals surface area contributed by atoms with E-state index in [2.05, 4.69) is 53.9 Å². The predicted octanol–water partition coefficient (Wildman–Crippen LogP) is 4.44. The van der Waals surface area contributed by atoms with E-state index in [0.29, 0.717) is 0 Å². The second-order valence-corrected chi connectivity index (χ2v) is 7.43. The molecule has 18 heavy (non-hydrogen) atoms. The van der Waals surface area contributed by atoms with Crippen LogP contribution in [0.4, 0.5) is 0 Å². The molecule has 1 aromatic rings. The number of unbranched alkanes of at least 4 members (excludes halogenated alkanes) is 1. The molecule has 104 valence electrons. The van der Waals surface area contributed by atoms with E-state index in [1.54, 1.807) is 11.3 Å². The fourth-order valence-electron chi connectivity index (χ4n) is 1.69. The Balaban J connectivity index is 2.60. The van der Waals surface area contributed by atoms with E-state index in [9.17, 15) is 0 Å². The molecule has 0 aromatic carbocycles. The fraction of sp³-hybridized carbons (Fsp3) is 0.786. The van der Waals surface area contributed by atoms with E-state index < -0.39 is 0 Å². The zero-order chi connectivity index (χ0) is 13.6. The van der Waals surface area contributed by atoms with Crippen LogP contribution in [-0.4, -0.2) is 28.3 Å². The zero-order valence-corrected chi connectivity index (χ0v) is 14.4. The van der Waals surface area contributed by atoms with Gasteiger partial charge in [-0.2, -0.15) is 0 Å². The second kappa shape index (κ2) is 7.61. The minimum absolute atomic E-state index is 0.165. The van der Waals surface area contributed by atoms with Crippen LogP contribution in [-0.2, 0) is 12.0 Å². The monoisotopic (exact) mass is 332 g/mol. The van der Waals surface area contributed by atoms with Gasteiger partial charge < -0.3 is 0 Å². The maximum Gasteiger partial charge on any atom is 0.107 e. The summed E-state index contributed by atoms with van der Waals surface area (Å²) in [5, 5.41) is 4.49. The molecule has 0 atom stereocenters. The summed E-state index contributed by atoms with van der Waals surface area (Å²) in [6, 6.07) is 0. The van der Waals surface area contributed by atoms with Crippen molar-refractivity contribution in [2.24, 2.45) is 0 Å². The summed E-state index contributed by atoms with van der Waals surface area (Å²) in [5.74, 6) is 0. The van der Waals surface area contributed by atoms with Gasteiger partial charge in [-0.25, -0.2) is 4.98 Å². The van der Waals surface area contributed by atoms with Crippen molar-refractivity contribution in [2.45, 2.75) is 52.5 Å². The molecule has 0 amide bonds. The van der Waals surface area contributed by atoms with Crippen LogP contribution >= 0.6 is 27.3 Å². The topological polar surface area (TPSA) is 16.1 Å². The molecule has 0 aliphatic heterocycles. The molecule has 1 aromatic heterocycles. The molecule has 1 rings (SSSR count). The van der Waals surface area contributed by atoms with Gasteiger partial charge in [0.25, 0.3) is 0 Å². The maximum absolute atomic E-state index is 4.77. The molecular formula is C14H25BrN2S. The Morgan fingerprint density at radius 1 is 1.33 bits per heavy atom. The summed E-state index contributed by atoms with van der Waals surface area (Å²) >= 11 is 5.33.